The Morgan fingerprint density at radius 2 is 1.42 bits per heavy atom. The highest BCUT2D eigenvalue weighted by Crippen LogP contribution is 2.21. The van der Waals surface area contributed by atoms with Crippen LogP contribution >= 0.6 is 22.6 Å². The normalized spacial score (nSPS) is 11.0. The third kappa shape index (κ3) is 4.41. The minimum Gasteiger partial charge on any atom is -0.322 e. The number of nitrogens with one attached hydrogen (secondary N) is 2. The van der Waals surface area contributed by atoms with Gasteiger partial charge in [-0.3, -0.25) is 9.52 Å². The fourth-order valence-electron chi connectivity index (χ4n) is 2.31. The van der Waals surface area contributed by atoms with Gasteiger partial charge in [0, 0.05) is 9.26 Å². The van der Waals surface area contributed by atoms with Gasteiger partial charge in [-0.05, 0) is 71.1 Å². The molecule has 0 saturated carbocycles. The van der Waals surface area contributed by atoms with E-state index in [0.29, 0.717) is 5.69 Å². The Bertz CT molecular complexity index is 1020. The number of halogens is 1. The summed E-state index contributed by atoms with van der Waals surface area (Å²) >= 11 is 2.18. The molecule has 0 radical (unpaired) electrons. The highest BCUT2D eigenvalue weighted by molar-refractivity contribution is 14.1. The summed E-state index contributed by atoms with van der Waals surface area (Å²) in [4.78, 5) is 12.7. The van der Waals surface area contributed by atoms with Crippen molar-refractivity contribution in [2.24, 2.45) is 0 Å². The van der Waals surface area contributed by atoms with Crippen LogP contribution in [0.3, 0.4) is 0 Å². The first-order valence-corrected chi connectivity index (χ1v) is 10.3. The lowest BCUT2D eigenvalue weighted by Gasteiger charge is -2.13. The van der Waals surface area contributed by atoms with Crippen LogP contribution < -0.4 is 10.0 Å². The fraction of sp³-hybridized carbons (Fsp3) is 0. The van der Waals surface area contributed by atoms with Gasteiger partial charge in [0.1, 0.15) is 0 Å². The minimum atomic E-state index is -3.78. The van der Waals surface area contributed by atoms with Crippen molar-refractivity contribution in [2.75, 3.05) is 10.0 Å². The molecule has 2 N–H and O–H groups in total. The monoisotopic (exact) mass is 478 g/mol. The van der Waals surface area contributed by atoms with Crippen molar-refractivity contribution in [1.82, 2.24) is 0 Å². The van der Waals surface area contributed by atoms with Crippen molar-refractivity contribution in [2.45, 2.75) is 4.90 Å². The van der Waals surface area contributed by atoms with E-state index in [4.69, 9.17) is 0 Å². The van der Waals surface area contributed by atoms with E-state index >= 15 is 0 Å². The van der Waals surface area contributed by atoms with Crippen LogP contribution in [0, 0.1) is 3.57 Å². The Morgan fingerprint density at radius 3 is 2.12 bits per heavy atom. The number of anilines is 2. The van der Waals surface area contributed by atoms with E-state index in [2.05, 4.69) is 32.6 Å². The van der Waals surface area contributed by atoms with E-state index in [9.17, 15) is 13.2 Å². The molecule has 0 spiro atoms. The topological polar surface area (TPSA) is 75.3 Å². The second kappa shape index (κ2) is 7.88. The van der Waals surface area contributed by atoms with E-state index in [1.54, 1.807) is 54.6 Å². The SMILES string of the molecule is O=C(Nc1ccc(I)cc1)c1ccccc1NS(=O)(=O)c1ccccc1. The Labute approximate surface area is 165 Å². The molecule has 132 valence electrons. The lowest BCUT2D eigenvalue weighted by atomic mass is 10.1. The molecule has 0 aliphatic rings. The lowest BCUT2D eigenvalue weighted by molar-refractivity contribution is 0.102. The molecular weight excluding hydrogens is 463 g/mol. The van der Waals surface area contributed by atoms with Gasteiger partial charge in [0.2, 0.25) is 0 Å². The second-order valence-electron chi connectivity index (χ2n) is 5.43. The third-order valence-corrected chi connectivity index (χ3v) is 5.67. The Kier molecular flexibility index (Phi) is 5.58. The molecule has 7 heteroatoms. The average Bonchev–Trinajstić information content (AvgIpc) is 2.64. The van der Waals surface area contributed by atoms with E-state index < -0.39 is 15.9 Å². The number of carbonyl (C=O) groups excluding carboxylic acids is 1. The molecule has 0 aliphatic heterocycles. The van der Waals surface area contributed by atoms with Gasteiger partial charge in [-0.2, -0.15) is 0 Å². The lowest BCUT2D eigenvalue weighted by Crippen LogP contribution is -2.18. The van der Waals surface area contributed by atoms with Gasteiger partial charge < -0.3 is 5.32 Å². The van der Waals surface area contributed by atoms with E-state index in [1.807, 2.05) is 12.1 Å². The number of sulfonamides is 1. The summed E-state index contributed by atoms with van der Waals surface area (Å²) in [7, 11) is -3.78. The standard InChI is InChI=1S/C19H15IN2O3S/c20-14-10-12-15(13-11-14)21-19(23)17-8-4-5-9-18(17)22-26(24,25)16-6-2-1-3-7-16/h1-13,22H,(H,21,23). The quantitative estimate of drug-likeness (QED) is 0.536. The molecule has 0 aromatic heterocycles. The zero-order chi connectivity index (χ0) is 18.6. The molecule has 0 bridgehead atoms. The summed E-state index contributed by atoms with van der Waals surface area (Å²) in [6, 6.07) is 21.8. The Balaban J connectivity index is 1.86. The zero-order valence-electron chi connectivity index (χ0n) is 13.5. The maximum absolute atomic E-state index is 12.6. The highest BCUT2D eigenvalue weighted by Gasteiger charge is 2.18. The van der Waals surface area contributed by atoms with Gasteiger partial charge in [0.15, 0.2) is 0 Å². The largest absolute Gasteiger partial charge is 0.322 e. The molecule has 0 aliphatic carbocycles. The van der Waals surface area contributed by atoms with Gasteiger partial charge in [0.05, 0.1) is 16.1 Å². The van der Waals surface area contributed by atoms with Crippen LogP contribution in [0.15, 0.2) is 83.8 Å². The summed E-state index contributed by atoms with van der Waals surface area (Å²) in [5.74, 6) is -0.391. The number of hydrogen-bond donors (Lipinski definition) is 2. The van der Waals surface area contributed by atoms with Crippen molar-refractivity contribution in [3.8, 4) is 0 Å². The molecule has 0 unspecified atom stereocenters. The maximum Gasteiger partial charge on any atom is 0.261 e. The molecule has 0 heterocycles. The molecule has 1 amide bonds. The molecule has 3 aromatic carbocycles. The molecule has 0 atom stereocenters. The predicted octanol–water partition coefficient (Wildman–Crippen LogP) is 4.34. The summed E-state index contributed by atoms with van der Waals surface area (Å²) < 4.78 is 28.6. The Hall–Kier alpha value is -2.39. The summed E-state index contributed by atoms with van der Waals surface area (Å²) in [5.41, 5.74) is 1.10. The number of para-hydroxylation sites is 1. The fourth-order valence-corrected chi connectivity index (χ4v) is 3.77. The smallest absolute Gasteiger partial charge is 0.261 e. The van der Waals surface area contributed by atoms with Crippen molar-refractivity contribution < 1.29 is 13.2 Å². The van der Waals surface area contributed by atoms with Gasteiger partial charge in [-0.15, -0.1) is 0 Å². The summed E-state index contributed by atoms with van der Waals surface area (Å²) in [6.07, 6.45) is 0. The van der Waals surface area contributed by atoms with Crippen LogP contribution in [0.5, 0.6) is 0 Å². The van der Waals surface area contributed by atoms with Crippen molar-refractivity contribution in [1.29, 1.82) is 0 Å². The van der Waals surface area contributed by atoms with E-state index in [1.165, 1.54) is 12.1 Å². The van der Waals surface area contributed by atoms with Crippen LogP contribution in [0.4, 0.5) is 11.4 Å². The molecular formula is C19H15IN2O3S. The molecule has 0 saturated heterocycles. The molecule has 3 rings (SSSR count). The van der Waals surface area contributed by atoms with Crippen LogP contribution in [0.1, 0.15) is 10.4 Å². The van der Waals surface area contributed by atoms with E-state index in [0.717, 1.165) is 3.57 Å². The van der Waals surface area contributed by atoms with Crippen molar-refractivity contribution in [3.63, 3.8) is 0 Å². The van der Waals surface area contributed by atoms with Gasteiger partial charge in [-0.1, -0.05) is 30.3 Å². The minimum absolute atomic E-state index is 0.132. The highest BCUT2D eigenvalue weighted by atomic mass is 127. The number of carbonyl (C=O) groups is 1. The Morgan fingerprint density at radius 1 is 0.808 bits per heavy atom. The number of hydrogen-bond acceptors (Lipinski definition) is 3. The first-order valence-electron chi connectivity index (χ1n) is 7.69. The van der Waals surface area contributed by atoms with Crippen LogP contribution in [0.25, 0.3) is 0 Å². The molecule has 5 nitrogen and oxygen atoms in total. The summed E-state index contributed by atoms with van der Waals surface area (Å²) in [6.45, 7) is 0. The molecule has 0 fully saturated rings. The molecule has 26 heavy (non-hydrogen) atoms. The van der Waals surface area contributed by atoms with Crippen LogP contribution in [-0.2, 0) is 10.0 Å². The number of benzene rings is 3. The first kappa shape index (κ1) is 18.4. The van der Waals surface area contributed by atoms with Gasteiger partial charge in [-0.25, -0.2) is 8.42 Å². The molecule has 3 aromatic rings. The number of amides is 1. The van der Waals surface area contributed by atoms with Gasteiger partial charge >= 0.3 is 0 Å². The first-order chi connectivity index (χ1) is 12.5. The second-order valence-corrected chi connectivity index (χ2v) is 8.35. The predicted molar refractivity (Wildman–Crippen MR) is 111 cm³/mol. The summed E-state index contributed by atoms with van der Waals surface area (Å²) in [5, 5.41) is 2.77. The number of rotatable bonds is 5. The third-order valence-electron chi connectivity index (χ3n) is 3.57. The average molecular weight is 478 g/mol. The van der Waals surface area contributed by atoms with Crippen LogP contribution in [0.2, 0.25) is 0 Å². The van der Waals surface area contributed by atoms with Gasteiger partial charge in [0.25, 0.3) is 15.9 Å². The van der Waals surface area contributed by atoms with Crippen molar-refractivity contribution >= 4 is 49.9 Å². The van der Waals surface area contributed by atoms with Crippen LogP contribution in [-0.4, -0.2) is 14.3 Å². The zero-order valence-corrected chi connectivity index (χ0v) is 16.5. The maximum atomic E-state index is 12.6. The van der Waals surface area contributed by atoms with Crippen molar-refractivity contribution in [3.05, 3.63) is 88.0 Å². The van der Waals surface area contributed by atoms with E-state index in [-0.39, 0.29) is 16.1 Å².